The number of hydrogen-bond acceptors (Lipinski definition) is 7. The first-order valence-electron chi connectivity index (χ1n) is 7.36. The highest BCUT2D eigenvalue weighted by molar-refractivity contribution is 5.91. The maximum absolute atomic E-state index is 11.7. The summed E-state index contributed by atoms with van der Waals surface area (Å²) >= 11 is 0. The second-order valence-electron chi connectivity index (χ2n) is 4.85. The Morgan fingerprint density at radius 2 is 1.52 bits per heavy atom. The monoisotopic (exact) mass is 329 g/mol. The molecule has 0 fully saturated rings. The van der Waals surface area contributed by atoms with Crippen molar-refractivity contribution >= 4 is 5.97 Å². The van der Waals surface area contributed by atoms with Crippen molar-refractivity contribution in [1.29, 1.82) is 0 Å². The zero-order valence-corrected chi connectivity index (χ0v) is 13.1. The molecule has 1 aromatic carbocycles. The smallest absolute Gasteiger partial charge is 0.338 e. The minimum Gasteiger partial charge on any atom is -0.504 e. The Balaban J connectivity index is 0.00000149. The minimum atomic E-state index is -0.641. The van der Waals surface area contributed by atoms with Crippen molar-refractivity contribution in [2.24, 2.45) is 5.34 Å². The molecule has 0 aliphatic heterocycles. The number of carbonyl (C=O) groups excluding carboxylic acids is 1. The lowest BCUT2D eigenvalue weighted by molar-refractivity contribution is 0.0496. The molecule has 0 unspecified atom stereocenters. The summed E-state index contributed by atoms with van der Waals surface area (Å²) in [4.78, 5) is 19.8. The van der Waals surface area contributed by atoms with E-state index in [0.717, 1.165) is 31.4 Å². The normalized spacial score (nSPS) is 9.61. The number of aromatic hydroxyl groups is 3. The van der Waals surface area contributed by atoms with Gasteiger partial charge in [0.1, 0.15) is 0 Å². The van der Waals surface area contributed by atoms with Gasteiger partial charge in [-0.2, -0.15) is 0 Å². The quantitative estimate of drug-likeness (QED) is 0.188. The summed E-state index contributed by atoms with van der Waals surface area (Å²) < 4.78 is 5.04. The first kappa shape index (κ1) is 20.5. The zero-order chi connectivity index (χ0) is 17.7. The molecular weight excluding hydrogens is 306 g/mol. The van der Waals surface area contributed by atoms with Crippen LogP contribution in [-0.2, 0) is 4.74 Å². The predicted molar refractivity (Wildman–Crippen MR) is 82.7 cm³/mol. The van der Waals surface area contributed by atoms with Crippen molar-refractivity contribution in [2.45, 2.75) is 45.4 Å². The van der Waals surface area contributed by atoms with Crippen LogP contribution in [0.3, 0.4) is 0 Å². The summed E-state index contributed by atoms with van der Waals surface area (Å²) in [5.41, 5.74) is 0.0174. The minimum absolute atomic E-state index is 0.0174. The third-order valence-electron chi connectivity index (χ3n) is 3.04. The maximum Gasteiger partial charge on any atom is 0.338 e. The van der Waals surface area contributed by atoms with Crippen LogP contribution in [0.4, 0.5) is 0 Å². The molecule has 0 atom stereocenters. The number of phenolic OH excluding ortho intramolecular Hbond substituents is 3. The van der Waals surface area contributed by atoms with Gasteiger partial charge in [0.25, 0.3) is 0 Å². The molecule has 8 nitrogen and oxygen atoms in total. The number of nitrogens with zero attached hydrogens (tertiary/aromatic N) is 1. The second kappa shape index (κ2) is 12.1. The number of carbonyl (C=O) groups is 1. The molecule has 0 bridgehead atoms. The van der Waals surface area contributed by atoms with E-state index in [1.807, 2.05) is 0 Å². The molecule has 0 saturated heterocycles. The van der Waals surface area contributed by atoms with Crippen molar-refractivity contribution in [3.63, 3.8) is 0 Å². The summed E-state index contributed by atoms with van der Waals surface area (Å²) in [7, 11) is 0. The van der Waals surface area contributed by atoms with Crippen LogP contribution in [0.5, 0.6) is 17.2 Å². The summed E-state index contributed by atoms with van der Waals surface area (Å²) in [6.45, 7) is 2.47. The van der Waals surface area contributed by atoms with E-state index in [9.17, 15) is 20.1 Å². The molecule has 0 aliphatic carbocycles. The van der Waals surface area contributed by atoms with Gasteiger partial charge in [0, 0.05) is 0 Å². The summed E-state index contributed by atoms with van der Waals surface area (Å²) in [6, 6.07) is 2.14. The molecule has 23 heavy (non-hydrogen) atoms. The summed E-state index contributed by atoms with van der Waals surface area (Å²) in [5, 5.41) is 35.7. The SMILES string of the molecule is CCCCCCCCOC(=O)c1cc(O)c(O)c(O)c1.O=NO. The van der Waals surface area contributed by atoms with Gasteiger partial charge in [-0.1, -0.05) is 39.0 Å². The molecular formula is C15H23NO7. The molecule has 0 heterocycles. The zero-order valence-electron chi connectivity index (χ0n) is 13.1. The van der Waals surface area contributed by atoms with E-state index in [4.69, 9.17) is 14.9 Å². The van der Waals surface area contributed by atoms with Gasteiger partial charge in [-0.25, -0.2) is 4.79 Å². The van der Waals surface area contributed by atoms with Gasteiger partial charge in [0.2, 0.25) is 0 Å². The molecule has 0 aromatic heterocycles. The third kappa shape index (κ3) is 8.50. The molecule has 1 aromatic rings. The first-order valence-corrected chi connectivity index (χ1v) is 7.36. The molecule has 4 N–H and O–H groups in total. The Morgan fingerprint density at radius 1 is 1.04 bits per heavy atom. The van der Waals surface area contributed by atoms with Crippen molar-refractivity contribution in [3.8, 4) is 17.2 Å². The van der Waals surface area contributed by atoms with Gasteiger partial charge in [-0.15, -0.1) is 4.91 Å². The number of unbranched alkanes of at least 4 members (excludes halogenated alkanes) is 5. The molecule has 130 valence electrons. The molecule has 0 radical (unpaired) electrons. The van der Waals surface area contributed by atoms with Crippen LogP contribution >= 0.6 is 0 Å². The third-order valence-corrected chi connectivity index (χ3v) is 3.04. The van der Waals surface area contributed by atoms with Crippen LogP contribution in [0.1, 0.15) is 55.8 Å². The molecule has 0 saturated carbocycles. The van der Waals surface area contributed by atoms with Crippen LogP contribution < -0.4 is 0 Å². The first-order chi connectivity index (χ1) is 11.0. The average Bonchev–Trinajstić information content (AvgIpc) is 2.51. The lowest BCUT2D eigenvalue weighted by atomic mass is 10.1. The number of hydrogen-bond donors (Lipinski definition) is 4. The highest BCUT2D eigenvalue weighted by atomic mass is 16.6. The molecule has 0 spiro atoms. The standard InChI is InChI=1S/C15H22O5.HNO2/c1-2-3-4-5-6-7-8-20-15(19)11-9-12(16)14(18)13(17)10-11;2-1-3/h9-10,16-18H,2-8H2,1H3;(H,2,3). The maximum atomic E-state index is 11.7. The Hall–Kier alpha value is -2.51. The Kier molecular flexibility index (Phi) is 10.8. The van der Waals surface area contributed by atoms with Crippen LogP contribution in [0.25, 0.3) is 0 Å². The molecule has 1 rings (SSSR count). The number of rotatable bonds is 8. The summed E-state index contributed by atoms with van der Waals surface area (Å²) in [5.74, 6) is -2.35. The van der Waals surface area contributed by atoms with Crippen molar-refractivity contribution < 1.29 is 30.1 Å². The van der Waals surface area contributed by atoms with Gasteiger partial charge in [-0.3, -0.25) is 0 Å². The predicted octanol–water partition coefficient (Wildman–Crippen LogP) is 3.46. The van der Waals surface area contributed by atoms with E-state index in [2.05, 4.69) is 6.92 Å². The Morgan fingerprint density at radius 3 is 2.04 bits per heavy atom. The number of ether oxygens (including phenoxy) is 1. The summed E-state index contributed by atoms with van der Waals surface area (Å²) in [6.07, 6.45) is 6.57. The van der Waals surface area contributed by atoms with Crippen LogP contribution in [0.15, 0.2) is 17.5 Å². The average molecular weight is 329 g/mol. The van der Waals surface area contributed by atoms with Gasteiger partial charge in [0.05, 0.1) is 12.2 Å². The van der Waals surface area contributed by atoms with E-state index in [-0.39, 0.29) is 5.56 Å². The van der Waals surface area contributed by atoms with Gasteiger partial charge in [0.15, 0.2) is 22.6 Å². The van der Waals surface area contributed by atoms with E-state index in [1.165, 1.54) is 24.6 Å². The van der Waals surface area contributed by atoms with Gasteiger partial charge < -0.3 is 25.3 Å². The molecule has 0 amide bonds. The fourth-order valence-corrected chi connectivity index (χ4v) is 1.85. The van der Waals surface area contributed by atoms with Crippen LogP contribution in [0.2, 0.25) is 0 Å². The van der Waals surface area contributed by atoms with E-state index in [0.29, 0.717) is 6.61 Å². The van der Waals surface area contributed by atoms with Crippen molar-refractivity contribution in [2.75, 3.05) is 6.61 Å². The van der Waals surface area contributed by atoms with E-state index >= 15 is 0 Å². The number of benzene rings is 1. The Bertz CT molecular complexity index is 468. The Labute approximate surface area is 134 Å². The molecule has 8 heteroatoms. The van der Waals surface area contributed by atoms with Crippen molar-refractivity contribution in [3.05, 3.63) is 22.6 Å². The molecule has 0 aliphatic rings. The lowest BCUT2D eigenvalue weighted by Gasteiger charge is -2.07. The topological polar surface area (TPSA) is 137 Å². The van der Waals surface area contributed by atoms with E-state index in [1.54, 1.807) is 0 Å². The highest BCUT2D eigenvalue weighted by Crippen LogP contribution is 2.35. The van der Waals surface area contributed by atoms with Gasteiger partial charge >= 0.3 is 5.97 Å². The second-order valence-corrected chi connectivity index (χ2v) is 4.85. The van der Waals surface area contributed by atoms with Crippen LogP contribution in [-0.4, -0.2) is 33.1 Å². The van der Waals surface area contributed by atoms with Crippen molar-refractivity contribution in [1.82, 2.24) is 0 Å². The number of phenols is 3. The lowest BCUT2D eigenvalue weighted by Crippen LogP contribution is -2.06. The van der Waals surface area contributed by atoms with Crippen LogP contribution in [0, 0.1) is 4.91 Å². The fourth-order valence-electron chi connectivity index (χ4n) is 1.85. The highest BCUT2D eigenvalue weighted by Gasteiger charge is 2.14. The fraction of sp³-hybridized carbons (Fsp3) is 0.533. The largest absolute Gasteiger partial charge is 0.504 e. The number of esters is 1. The van der Waals surface area contributed by atoms with Gasteiger partial charge in [-0.05, 0) is 18.6 Å². The van der Waals surface area contributed by atoms with E-state index < -0.39 is 23.2 Å².